The Balaban J connectivity index is 1.45. The highest BCUT2D eigenvalue weighted by Crippen LogP contribution is 2.32. The zero-order valence-corrected chi connectivity index (χ0v) is 16.4. The molecular formula is C20H18N6O2S. The number of fused-ring (bicyclic) bond motifs is 1. The highest BCUT2D eigenvalue weighted by molar-refractivity contribution is 7.99. The lowest BCUT2D eigenvalue weighted by Gasteiger charge is -2.12. The van der Waals surface area contributed by atoms with Crippen molar-refractivity contribution in [2.24, 2.45) is 0 Å². The van der Waals surface area contributed by atoms with Crippen LogP contribution in [0.3, 0.4) is 0 Å². The van der Waals surface area contributed by atoms with E-state index in [-0.39, 0.29) is 6.03 Å². The van der Waals surface area contributed by atoms with Gasteiger partial charge < -0.3 is 15.4 Å². The Hall–Kier alpha value is -3.59. The monoisotopic (exact) mass is 406 g/mol. The summed E-state index contributed by atoms with van der Waals surface area (Å²) in [6.45, 7) is 2.52. The van der Waals surface area contributed by atoms with Gasteiger partial charge in [0.05, 0.1) is 12.3 Å². The molecule has 146 valence electrons. The molecule has 0 aliphatic rings. The van der Waals surface area contributed by atoms with Crippen molar-refractivity contribution >= 4 is 34.8 Å². The maximum atomic E-state index is 12.4. The Morgan fingerprint density at radius 3 is 2.72 bits per heavy atom. The van der Waals surface area contributed by atoms with E-state index in [0.29, 0.717) is 23.6 Å². The summed E-state index contributed by atoms with van der Waals surface area (Å²) < 4.78 is 7.02. The van der Waals surface area contributed by atoms with Gasteiger partial charge in [0, 0.05) is 10.6 Å². The van der Waals surface area contributed by atoms with Crippen molar-refractivity contribution in [2.75, 3.05) is 17.2 Å². The molecule has 0 bridgehead atoms. The summed E-state index contributed by atoms with van der Waals surface area (Å²) in [4.78, 5) is 13.3. The largest absolute Gasteiger partial charge is 0.494 e. The molecule has 2 aromatic heterocycles. The first-order valence-electron chi connectivity index (χ1n) is 8.96. The van der Waals surface area contributed by atoms with Crippen LogP contribution in [-0.2, 0) is 0 Å². The van der Waals surface area contributed by atoms with Gasteiger partial charge in [-0.2, -0.15) is 9.61 Å². The number of anilines is 2. The average Bonchev–Trinajstić information content (AvgIpc) is 3.19. The van der Waals surface area contributed by atoms with Crippen LogP contribution in [0, 0.1) is 0 Å². The summed E-state index contributed by atoms with van der Waals surface area (Å²) in [5.41, 5.74) is 2.04. The lowest BCUT2D eigenvalue weighted by atomic mass is 10.3. The number of hydrogen-bond donors (Lipinski definition) is 2. The molecule has 0 aliphatic carbocycles. The highest BCUT2D eigenvalue weighted by Gasteiger charge is 2.10. The maximum Gasteiger partial charge on any atom is 0.323 e. The van der Waals surface area contributed by atoms with E-state index >= 15 is 0 Å². The molecule has 8 nitrogen and oxygen atoms in total. The Bertz CT molecular complexity index is 1130. The van der Waals surface area contributed by atoms with Crippen molar-refractivity contribution in [3.05, 3.63) is 67.0 Å². The summed E-state index contributed by atoms with van der Waals surface area (Å²) in [5.74, 6) is 0.762. The van der Waals surface area contributed by atoms with Crippen molar-refractivity contribution in [3.63, 3.8) is 0 Å². The number of carbonyl (C=O) groups is 1. The fourth-order valence-electron chi connectivity index (χ4n) is 2.62. The molecule has 2 N–H and O–H groups in total. The summed E-state index contributed by atoms with van der Waals surface area (Å²) in [5, 5.41) is 18.7. The minimum atomic E-state index is -0.329. The number of rotatable bonds is 6. The van der Waals surface area contributed by atoms with Crippen LogP contribution >= 0.6 is 11.8 Å². The normalized spacial score (nSPS) is 10.7. The predicted molar refractivity (Wildman–Crippen MR) is 112 cm³/mol. The third-order valence-electron chi connectivity index (χ3n) is 3.91. The van der Waals surface area contributed by atoms with Gasteiger partial charge >= 0.3 is 6.03 Å². The van der Waals surface area contributed by atoms with E-state index in [1.165, 1.54) is 11.8 Å². The van der Waals surface area contributed by atoms with Crippen LogP contribution in [0.25, 0.3) is 5.65 Å². The molecule has 0 atom stereocenters. The number of hydrogen-bond acceptors (Lipinski definition) is 6. The molecule has 0 saturated carbocycles. The van der Waals surface area contributed by atoms with Gasteiger partial charge in [0.2, 0.25) is 0 Å². The molecule has 4 aromatic rings. The topological polar surface area (TPSA) is 93.4 Å². The van der Waals surface area contributed by atoms with Gasteiger partial charge in [0.25, 0.3) is 0 Å². The van der Waals surface area contributed by atoms with E-state index in [9.17, 15) is 4.79 Å². The maximum absolute atomic E-state index is 12.4. The number of para-hydroxylation sites is 1. The van der Waals surface area contributed by atoms with Gasteiger partial charge in [-0.1, -0.05) is 23.9 Å². The third kappa shape index (κ3) is 4.64. The van der Waals surface area contributed by atoms with Crippen LogP contribution in [0.2, 0.25) is 0 Å². The zero-order chi connectivity index (χ0) is 20.1. The molecule has 0 spiro atoms. The second-order valence-electron chi connectivity index (χ2n) is 5.94. The highest BCUT2D eigenvalue weighted by atomic mass is 32.2. The van der Waals surface area contributed by atoms with Crippen LogP contribution < -0.4 is 15.4 Å². The number of benzene rings is 2. The van der Waals surface area contributed by atoms with E-state index in [1.54, 1.807) is 23.0 Å². The van der Waals surface area contributed by atoms with Gasteiger partial charge in [0.1, 0.15) is 17.1 Å². The van der Waals surface area contributed by atoms with Crippen LogP contribution in [-0.4, -0.2) is 32.4 Å². The summed E-state index contributed by atoms with van der Waals surface area (Å²) >= 11 is 1.44. The van der Waals surface area contributed by atoms with Crippen LogP contribution in [0.4, 0.5) is 16.2 Å². The number of ether oxygens (including phenoxy) is 1. The van der Waals surface area contributed by atoms with Gasteiger partial charge in [-0.25, -0.2) is 4.79 Å². The van der Waals surface area contributed by atoms with E-state index in [1.807, 2.05) is 55.5 Å². The average molecular weight is 406 g/mol. The van der Waals surface area contributed by atoms with Crippen molar-refractivity contribution in [2.45, 2.75) is 16.8 Å². The van der Waals surface area contributed by atoms with Crippen LogP contribution in [0.1, 0.15) is 6.92 Å². The standard InChI is InChI=1S/C20H18N6O2S/c1-2-28-15-9-7-14(8-10-15)22-20(27)23-16-5-3-4-6-17(16)29-19-12-11-18-24-21-13-26(18)25-19/h3-13H,2H2,1H3,(H2,22,23,27). The second kappa shape index (κ2) is 8.61. The van der Waals surface area contributed by atoms with Crippen molar-refractivity contribution < 1.29 is 9.53 Å². The molecule has 9 heteroatoms. The molecule has 0 saturated heterocycles. The smallest absolute Gasteiger partial charge is 0.323 e. The van der Waals surface area contributed by atoms with Gasteiger partial charge in [-0.3, -0.25) is 0 Å². The molecule has 0 radical (unpaired) electrons. The summed E-state index contributed by atoms with van der Waals surface area (Å²) in [6.07, 6.45) is 1.55. The van der Waals surface area contributed by atoms with Crippen LogP contribution in [0.15, 0.2) is 76.9 Å². The SMILES string of the molecule is CCOc1ccc(NC(=O)Nc2ccccc2Sc2ccc3nncn3n2)cc1. The Kier molecular flexibility index (Phi) is 5.57. The first-order valence-corrected chi connectivity index (χ1v) is 9.78. The zero-order valence-electron chi connectivity index (χ0n) is 15.6. The van der Waals surface area contributed by atoms with Gasteiger partial charge in [-0.05, 0) is 55.5 Å². The minimum absolute atomic E-state index is 0.329. The first-order chi connectivity index (χ1) is 14.2. The number of nitrogens with one attached hydrogen (secondary N) is 2. The van der Waals surface area contributed by atoms with Crippen LogP contribution in [0.5, 0.6) is 5.75 Å². The van der Waals surface area contributed by atoms with Crippen molar-refractivity contribution in [1.29, 1.82) is 0 Å². The lowest BCUT2D eigenvalue weighted by Crippen LogP contribution is -2.19. The summed E-state index contributed by atoms with van der Waals surface area (Å²) in [7, 11) is 0. The first kappa shape index (κ1) is 18.8. The Labute approximate surface area is 171 Å². The Morgan fingerprint density at radius 2 is 1.90 bits per heavy atom. The van der Waals surface area contributed by atoms with Gasteiger partial charge in [-0.15, -0.1) is 10.2 Å². The van der Waals surface area contributed by atoms with E-state index in [0.717, 1.165) is 15.7 Å². The summed E-state index contributed by atoms with van der Waals surface area (Å²) in [6, 6.07) is 18.2. The quantitative estimate of drug-likeness (QED) is 0.495. The molecule has 2 amide bonds. The minimum Gasteiger partial charge on any atom is -0.494 e. The molecule has 0 aliphatic heterocycles. The number of amides is 2. The second-order valence-corrected chi connectivity index (χ2v) is 7.00. The van der Waals surface area contributed by atoms with E-state index in [4.69, 9.17) is 4.74 Å². The predicted octanol–water partition coefficient (Wildman–Crippen LogP) is 4.32. The van der Waals surface area contributed by atoms with E-state index in [2.05, 4.69) is 25.9 Å². The molecular weight excluding hydrogens is 388 g/mol. The molecule has 2 aromatic carbocycles. The molecule has 0 unspecified atom stereocenters. The number of carbonyl (C=O) groups excluding carboxylic acids is 1. The molecule has 0 fully saturated rings. The lowest BCUT2D eigenvalue weighted by molar-refractivity contribution is 0.262. The number of aromatic nitrogens is 4. The molecule has 4 rings (SSSR count). The number of nitrogens with zero attached hydrogens (tertiary/aromatic N) is 4. The number of urea groups is 1. The Morgan fingerprint density at radius 1 is 1.07 bits per heavy atom. The van der Waals surface area contributed by atoms with Crippen molar-refractivity contribution in [1.82, 2.24) is 19.8 Å². The fraction of sp³-hybridized carbons (Fsp3) is 0.100. The fourth-order valence-corrected chi connectivity index (χ4v) is 3.49. The molecule has 29 heavy (non-hydrogen) atoms. The van der Waals surface area contributed by atoms with Crippen molar-refractivity contribution in [3.8, 4) is 5.75 Å². The van der Waals surface area contributed by atoms with Gasteiger partial charge in [0.15, 0.2) is 5.65 Å². The third-order valence-corrected chi connectivity index (χ3v) is 4.91. The molecule has 2 heterocycles. The van der Waals surface area contributed by atoms with E-state index < -0.39 is 0 Å².